The van der Waals surface area contributed by atoms with Crippen molar-refractivity contribution in [2.45, 2.75) is 19.4 Å². The molecule has 3 N–H and O–H groups in total. The van der Waals surface area contributed by atoms with Crippen molar-refractivity contribution in [1.29, 1.82) is 0 Å². The number of hydrogen-bond donors (Lipinski definition) is 3. The molecule has 1 fully saturated rings. The number of anilines is 1. The Morgan fingerprint density at radius 1 is 1.38 bits per heavy atom. The fourth-order valence-electron chi connectivity index (χ4n) is 2.53. The van der Waals surface area contributed by atoms with Crippen molar-refractivity contribution in [3.8, 4) is 0 Å². The summed E-state index contributed by atoms with van der Waals surface area (Å²) < 4.78 is 0. The summed E-state index contributed by atoms with van der Waals surface area (Å²) in [5.41, 5.74) is 1.79. The number of carbonyl (C=O) groups excluding carboxylic acids is 2. The maximum absolute atomic E-state index is 12.4. The highest BCUT2D eigenvalue weighted by atomic mass is 16.2. The molecular formula is C15H18N4O2. The molecule has 0 radical (unpaired) electrons. The average molecular weight is 286 g/mol. The van der Waals surface area contributed by atoms with E-state index in [-0.39, 0.29) is 18.0 Å². The minimum absolute atomic E-state index is 0.00843. The molecule has 3 amide bonds. The third-order valence-electron chi connectivity index (χ3n) is 3.77. The number of rotatable bonds is 1. The summed E-state index contributed by atoms with van der Waals surface area (Å²) in [4.78, 5) is 28.6. The van der Waals surface area contributed by atoms with Crippen LogP contribution in [0, 0.1) is 0 Å². The quantitative estimate of drug-likeness (QED) is 0.749. The second kappa shape index (κ2) is 5.47. The van der Waals surface area contributed by atoms with Gasteiger partial charge in [-0.15, -0.1) is 0 Å². The van der Waals surface area contributed by atoms with Crippen molar-refractivity contribution in [2.75, 3.05) is 18.4 Å². The maximum Gasteiger partial charge on any atom is 0.322 e. The van der Waals surface area contributed by atoms with Crippen LogP contribution in [0.4, 0.5) is 10.5 Å². The first-order valence-electron chi connectivity index (χ1n) is 7.05. The molecule has 1 aromatic heterocycles. The molecular weight excluding hydrogens is 268 g/mol. The van der Waals surface area contributed by atoms with Crippen molar-refractivity contribution in [3.05, 3.63) is 30.5 Å². The lowest BCUT2D eigenvalue weighted by Crippen LogP contribution is -2.44. The van der Waals surface area contributed by atoms with Crippen LogP contribution in [-0.2, 0) is 4.79 Å². The zero-order valence-corrected chi connectivity index (χ0v) is 11.8. The molecule has 1 atom stereocenters. The Bertz CT molecular complexity index is 679. The fourth-order valence-corrected chi connectivity index (χ4v) is 2.53. The van der Waals surface area contributed by atoms with Gasteiger partial charge in [0.15, 0.2) is 0 Å². The van der Waals surface area contributed by atoms with Crippen molar-refractivity contribution in [3.63, 3.8) is 0 Å². The normalized spacial score (nSPS) is 19.2. The molecule has 0 aliphatic carbocycles. The molecule has 2 aromatic rings. The summed E-state index contributed by atoms with van der Waals surface area (Å²) in [6.45, 7) is 2.86. The molecule has 1 aliphatic rings. The van der Waals surface area contributed by atoms with E-state index in [9.17, 15) is 9.59 Å². The van der Waals surface area contributed by atoms with Gasteiger partial charge in [-0.05, 0) is 31.2 Å². The average Bonchev–Trinajstić information content (AvgIpc) is 2.85. The van der Waals surface area contributed by atoms with E-state index in [2.05, 4.69) is 15.6 Å². The van der Waals surface area contributed by atoms with Gasteiger partial charge in [-0.3, -0.25) is 4.79 Å². The molecule has 110 valence electrons. The van der Waals surface area contributed by atoms with E-state index in [0.29, 0.717) is 19.5 Å². The molecule has 2 heterocycles. The number of nitrogens with one attached hydrogen (secondary N) is 3. The highest BCUT2D eigenvalue weighted by molar-refractivity contribution is 5.93. The van der Waals surface area contributed by atoms with Gasteiger partial charge in [0.05, 0.1) is 0 Å². The second-order valence-electron chi connectivity index (χ2n) is 5.31. The van der Waals surface area contributed by atoms with Gasteiger partial charge in [0, 0.05) is 48.3 Å². The standard InChI is InChI=1S/C15H18N4O2/c1-10-9-17-14(20)5-7-19(10)15(21)18-12-2-3-13-11(8-12)4-6-16-13/h2-4,6,8,10,16H,5,7,9H2,1H3,(H,17,20)(H,18,21)/t10-/m1/s1. The summed E-state index contributed by atoms with van der Waals surface area (Å²) >= 11 is 0. The second-order valence-corrected chi connectivity index (χ2v) is 5.31. The Kier molecular flexibility index (Phi) is 3.51. The number of urea groups is 1. The SMILES string of the molecule is C[C@@H]1CNC(=O)CCN1C(=O)Nc1ccc2[nH]ccc2c1. The minimum atomic E-state index is -0.172. The molecule has 0 unspecified atom stereocenters. The van der Waals surface area contributed by atoms with E-state index in [1.165, 1.54) is 0 Å². The van der Waals surface area contributed by atoms with Crippen LogP contribution in [-0.4, -0.2) is 41.0 Å². The summed E-state index contributed by atoms with van der Waals surface area (Å²) in [5.74, 6) is -0.00843. The molecule has 21 heavy (non-hydrogen) atoms. The number of aromatic nitrogens is 1. The molecule has 6 heteroatoms. The van der Waals surface area contributed by atoms with Crippen molar-refractivity contribution in [2.24, 2.45) is 0 Å². The predicted octanol–water partition coefficient (Wildman–Crippen LogP) is 1.91. The number of fused-ring (bicyclic) bond motifs is 1. The first-order valence-corrected chi connectivity index (χ1v) is 7.05. The number of benzene rings is 1. The van der Waals surface area contributed by atoms with Gasteiger partial charge in [-0.2, -0.15) is 0 Å². The number of aromatic amines is 1. The Hall–Kier alpha value is -2.50. The molecule has 1 aliphatic heterocycles. The Balaban J connectivity index is 1.73. The van der Waals surface area contributed by atoms with Gasteiger partial charge in [0.1, 0.15) is 0 Å². The third kappa shape index (κ3) is 2.84. The van der Waals surface area contributed by atoms with Crippen molar-refractivity contribution in [1.82, 2.24) is 15.2 Å². The summed E-state index contributed by atoms with van der Waals surface area (Å²) in [7, 11) is 0. The number of H-pyrrole nitrogens is 1. The van der Waals surface area contributed by atoms with Crippen LogP contribution in [0.3, 0.4) is 0 Å². The first kappa shape index (κ1) is 13.5. The molecule has 1 saturated heterocycles. The predicted molar refractivity (Wildman–Crippen MR) is 81.1 cm³/mol. The van der Waals surface area contributed by atoms with E-state index >= 15 is 0 Å². The number of hydrogen-bond acceptors (Lipinski definition) is 2. The largest absolute Gasteiger partial charge is 0.361 e. The van der Waals surface area contributed by atoms with Crippen LogP contribution < -0.4 is 10.6 Å². The highest BCUT2D eigenvalue weighted by Crippen LogP contribution is 2.18. The zero-order chi connectivity index (χ0) is 14.8. The first-order chi connectivity index (χ1) is 10.1. The molecule has 0 saturated carbocycles. The van der Waals surface area contributed by atoms with E-state index in [4.69, 9.17) is 0 Å². The Morgan fingerprint density at radius 2 is 2.24 bits per heavy atom. The Morgan fingerprint density at radius 3 is 3.10 bits per heavy atom. The van der Waals surface area contributed by atoms with Crippen molar-refractivity contribution < 1.29 is 9.59 Å². The monoisotopic (exact) mass is 286 g/mol. The third-order valence-corrected chi connectivity index (χ3v) is 3.77. The number of carbonyl (C=O) groups is 2. The molecule has 3 rings (SSSR count). The molecule has 0 spiro atoms. The van der Waals surface area contributed by atoms with Gasteiger partial charge in [0.2, 0.25) is 5.91 Å². The zero-order valence-electron chi connectivity index (χ0n) is 11.8. The smallest absolute Gasteiger partial charge is 0.322 e. The summed E-state index contributed by atoms with van der Waals surface area (Å²) in [5, 5.41) is 6.75. The van der Waals surface area contributed by atoms with Crippen LogP contribution in [0.5, 0.6) is 0 Å². The van der Waals surface area contributed by atoms with Gasteiger partial charge in [0.25, 0.3) is 0 Å². The highest BCUT2D eigenvalue weighted by Gasteiger charge is 2.24. The number of amides is 3. The van der Waals surface area contributed by atoms with E-state index in [0.717, 1.165) is 16.6 Å². The van der Waals surface area contributed by atoms with E-state index in [1.54, 1.807) is 4.90 Å². The fraction of sp³-hybridized carbons (Fsp3) is 0.333. The summed E-state index contributed by atoms with van der Waals surface area (Å²) in [6.07, 6.45) is 2.21. The molecule has 0 bridgehead atoms. The maximum atomic E-state index is 12.4. The lowest BCUT2D eigenvalue weighted by molar-refractivity contribution is -0.120. The van der Waals surface area contributed by atoms with Crippen LogP contribution in [0.1, 0.15) is 13.3 Å². The number of nitrogens with zero attached hydrogens (tertiary/aromatic N) is 1. The van der Waals surface area contributed by atoms with Crippen LogP contribution in [0.15, 0.2) is 30.5 Å². The Labute approximate surface area is 122 Å². The molecule has 1 aromatic carbocycles. The van der Waals surface area contributed by atoms with Crippen LogP contribution in [0.2, 0.25) is 0 Å². The van der Waals surface area contributed by atoms with Gasteiger partial charge < -0.3 is 20.5 Å². The lowest BCUT2D eigenvalue weighted by atomic mass is 10.2. The topological polar surface area (TPSA) is 77.2 Å². The van der Waals surface area contributed by atoms with Crippen LogP contribution >= 0.6 is 0 Å². The molecule has 6 nitrogen and oxygen atoms in total. The van der Waals surface area contributed by atoms with Gasteiger partial charge >= 0.3 is 6.03 Å². The van der Waals surface area contributed by atoms with Gasteiger partial charge in [-0.1, -0.05) is 0 Å². The van der Waals surface area contributed by atoms with Crippen LogP contribution in [0.25, 0.3) is 10.9 Å². The van der Waals surface area contributed by atoms with Gasteiger partial charge in [-0.25, -0.2) is 4.79 Å². The summed E-state index contributed by atoms with van der Waals surface area (Å²) in [6, 6.07) is 7.49. The lowest BCUT2D eigenvalue weighted by Gasteiger charge is -2.26. The van der Waals surface area contributed by atoms with Crippen molar-refractivity contribution >= 4 is 28.5 Å². The minimum Gasteiger partial charge on any atom is -0.361 e. The van der Waals surface area contributed by atoms with E-state index in [1.807, 2.05) is 37.4 Å². The van der Waals surface area contributed by atoms with E-state index < -0.39 is 0 Å².